The zero-order chi connectivity index (χ0) is 14.5. The minimum absolute atomic E-state index is 0.575. The van der Waals surface area contributed by atoms with Crippen molar-refractivity contribution < 1.29 is 0 Å². The van der Waals surface area contributed by atoms with Gasteiger partial charge in [-0.15, -0.1) is 0 Å². The van der Waals surface area contributed by atoms with Crippen LogP contribution in [-0.4, -0.2) is 24.5 Å². The quantitative estimate of drug-likeness (QED) is 0.877. The van der Waals surface area contributed by atoms with Gasteiger partial charge in [-0.05, 0) is 35.9 Å². The predicted octanol–water partition coefficient (Wildman–Crippen LogP) is 3.84. The van der Waals surface area contributed by atoms with E-state index in [2.05, 4.69) is 62.2 Å². The molecule has 1 unspecified atom stereocenters. The van der Waals surface area contributed by atoms with Gasteiger partial charge in [-0.1, -0.05) is 52.0 Å². The summed E-state index contributed by atoms with van der Waals surface area (Å²) in [7, 11) is 0. The van der Waals surface area contributed by atoms with E-state index in [1.165, 1.54) is 25.1 Å². The van der Waals surface area contributed by atoms with Crippen LogP contribution in [0.25, 0.3) is 0 Å². The van der Waals surface area contributed by atoms with Crippen molar-refractivity contribution in [2.24, 2.45) is 11.8 Å². The minimum atomic E-state index is 0.575. The normalized spacial score (nSPS) is 19.4. The molecule has 1 aliphatic heterocycles. The Morgan fingerprint density at radius 3 is 2.40 bits per heavy atom. The lowest BCUT2D eigenvalue weighted by atomic mass is 9.96. The first-order chi connectivity index (χ1) is 9.58. The topological polar surface area (TPSA) is 15.3 Å². The highest BCUT2D eigenvalue weighted by molar-refractivity contribution is 5.31. The molecule has 2 heteroatoms. The molecule has 0 aliphatic carbocycles. The Labute approximate surface area is 124 Å². The van der Waals surface area contributed by atoms with Gasteiger partial charge in [-0.3, -0.25) is 4.90 Å². The van der Waals surface area contributed by atoms with E-state index >= 15 is 0 Å². The van der Waals surface area contributed by atoms with Crippen molar-refractivity contribution in [1.29, 1.82) is 0 Å². The van der Waals surface area contributed by atoms with Gasteiger partial charge in [0.2, 0.25) is 0 Å². The van der Waals surface area contributed by atoms with Crippen molar-refractivity contribution >= 4 is 0 Å². The molecule has 0 bridgehead atoms. The Morgan fingerprint density at radius 1 is 1.10 bits per heavy atom. The summed E-state index contributed by atoms with van der Waals surface area (Å²) in [6.45, 7) is 13.8. The molecule has 0 saturated heterocycles. The van der Waals surface area contributed by atoms with Gasteiger partial charge in [0.25, 0.3) is 0 Å². The average molecular weight is 274 g/mol. The summed E-state index contributed by atoms with van der Waals surface area (Å²) in [4.78, 5) is 2.71. The Kier molecular flexibility index (Phi) is 5.62. The van der Waals surface area contributed by atoms with Crippen molar-refractivity contribution in [2.45, 2.75) is 46.7 Å². The van der Waals surface area contributed by atoms with Crippen LogP contribution < -0.4 is 5.32 Å². The maximum Gasteiger partial charge on any atom is 0.0363 e. The second kappa shape index (κ2) is 7.24. The van der Waals surface area contributed by atoms with Crippen LogP contribution in [0.1, 0.15) is 51.3 Å². The largest absolute Gasteiger partial charge is 0.313 e. The number of hydrogen-bond donors (Lipinski definition) is 1. The van der Waals surface area contributed by atoms with Crippen LogP contribution in [0.2, 0.25) is 0 Å². The summed E-state index contributed by atoms with van der Waals surface area (Å²) >= 11 is 0. The minimum Gasteiger partial charge on any atom is -0.313 e. The van der Waals surface area contributed by atoms with Crippen LogP contribution in [0, 0.1) is 11.8 Å². The number of hydrogen-bond acceptors (Lipinski definition) is 2. The molecule has 1 aliphatic rings. The van der Waals surface area contributed by atoms with Crippen molar-refractivity contribution in [3.63, 3.8) is 0 Å². The van der Waals surface area contributed by atoms with Gasteiger partial charge in [0, 0.05) is 25.7 Å². The van der Waals surface area contributed by atoms with Crippen LogP contribution in [0.15, 0.2) is 24.3 Å². The molecule has 1 aromatic rings. The summed E-state index contributed by atoms with van der Waals surface area (Å²) in [5, 5.41) is 3.57. The van der Waals surface area contributed by atoms with Gasteiger partial charge in [-0.2, -0.15) is 0 Å². The van der Waals surface area contributed by atoms with Gasteiger partial charge in [-0.25, -0.2) is 0 Å². The van der Waals surface area contributed by atoms with Crippen LogP contribution in [-0.2, 0) is 6.54 Å². The molecular weight excluding hydrogens is 244 g/mol. The van der Waals surface area contributed by atoms with Gasteiger partial charge < -0.3 is 5.32 Å². The molecule has 0 fully saturated rings. The van der Waals surface area contributed by atoms with Gasteiger partial charge >= 0.3 is 0 Å². The van der Waals surface area contributed by atoms with Crippen molar-refractivity contribution in [3.05, 3.63) is 35.4 Å². The predicted molar refractivity (Wildman–Crippen MR) is 86.8 cm³/mol. The first kappa shape index (κ1) is 15.5. The highest BCUT2D eigenvalue weighted by Gasteiger charge is 2.25. The fraction of sp³-hybridized carbons (Fsp3) is 0.667. The molecule has 0 spiro atoms. The first-order valence-corrected chi connectivity index (χ1v) is 8.10. The van der Waals surface area contributed by atoms with Crippen molar-refractivity contribution in [1.82, 2.24) is 10.2 Å². The molecule has 0 radical (unpaired) electrons. The van der Waals surface area contributed by atoms with Gasteiger partial charge in [0.15, 0.2) is 0 Å². The van der Waals surface area contributed by atoms with E-state index in [9.17, 15) is 0 Å². The number of nitrogens with zero attached hydrogens (tertiary/aromatic N) is 1. The smallest absolute Gasteiger partial charge is 0.0363 e. The highest BCUT2D eigenvalue weighted by atomic mass is 15.2. The third-order valence-corrected chi connectivity index (χ3v) is 3.96. The summed E-state index contributed by atoms with van der Waals surface area (Å²) in [6.07, 6.45) is 1.22. The van der Waals surface area contributed by atoms with Crippen LogP contribution in [0.3, 0.4) is 0 Å². The molecular formula is C18H30N2. The fourth-order valence-electron chi connectivity index (χ4n) is 3.28. The molecule has 1 aromatic carbocycles. The SMILES string of the molecule is CC(C)CN(CC(C)C)C1CCNCc2ccccc21. The van der Waals surface area contributed by atoms with E-state index in [-0.39, 0.29) is 0 Å². The van der Waals surface area contributed by atoms with Crippen molar-refractivity contribution in [3.8, 4) is 0 Å². The van der Waals surface area contributed by atoms with E-state index in [4.69, 9.17) is 0 Å². The van der Waals surface area contributed by atoms with Crippen LogP contribution >= 0.6 is 0 Å². The second-order valence-corrected chi connectivity index (χ2v) is 6.92. The lowest BCUT2D eigenvalue weighted by molar-refractivity contribution is 0.150. The zero-order valence-corrected chi connectivity index (χ0v) is 13.5. The van der Waals surface area contributed by atoms with E-state index in [0.717, 1.165) is 24.9 Å². The molecule has 1 atom stereocenters. The van der Waals surface area contributed by atoms with Gasteiger partial charge in [0.05, 0.1) is 0 Å². The zero-order valence-electron chi connectivity index (χ0n) is 13.5. The number of nitrogens with one attached hydrogen (secondary N) is 1. The van der Waals surface area contributed by atoms with Crippen LogP contribution in [0.4, 0.5) is 0 Å². The maximum atomic E-state index is 3.57. The summed E-state index contributed by atoms with van der Waals surface area (Å²) in [5.41, 5.74) is 3.02. The fourth-order valence-corrected chi connectivity index (χ4v) is 3.28. The average Bonchev–Trinajstić information content (AvgIpc) is 2.59. The Bertz CT molecular complexity index is 402. The second-order valence-electron chi connectivity index (χ2n) is 6.92. The van der Waals surface area contributed by atoms with E-state index in [0.29, 0.717) is 6.04 Å². The lowest BCUT2D eigenvalue weighted by Crippen LogP contribution is -2.35. The highest BCUT2D eigenvalue weighted by Crippen LogP contribution is 2.30. The van der Waals surface area contributed by atoms with Crippen molar-refractivity contribution in [2.75, 3.05) is 19.6 Å². The molecule has 0 amide bonds. The summed E-state index contributed by atoms with van der Waals surface area (Å²) in [6, 6.07) is 9.55. The molecule has 2 rings (SSSR count). The molecule has 0 aromatic heterocycles. The van der Waals surface area contributed by atoms with E-state index in [1.807, 2.05) is 0 Å². The lowest BCUT2D eigenvalue weighted by Gasteiger charge is -2.34. The molecule has 2 nitrogen and oxygen atoms in total. The number of rotatable bonds is 5. The molecule has 20 heavy (non-hydrogen) atoms. The third-order valence-electron chi connectivity index (χ3n) is 3.96. The molecule has 112 valence electrons. The Balaban J connectivity index is 2.26. The molecule has 1 heterocycles. The Hall–Kier alpha value is -0.860. The maximum absolute atomic E-state index is 3.57. The number of fused-ring (bicyclic) bond motifs is 1. The first-order valence-electron chi connectivity index (χ1n) is 8.10. The van der Waals surface area contributed by atoms with Crippen LogP contribution in [0.5, 0.6) is 0 Å². The summed E-state index contributed by atoms with van der Waals surface area (Å²) < 4.78 is 0. The summed E-state index contributed by atoms with van der Waals surface area (Å²) in [5.74, 6) is 1.44. The molecule has 1 N–H and O–H groups in total. The monoisotopic (exact) mass is 274 g/mol. The Morgan fingerprint density at radius 2 is 1.75 bits per heavy atom. The third kappa shape index (κ3) is 4.07. The van der Waals surface area contributed by atoms with Gasteiger partial charge in [0.1, 0.15) is 0 Å². The standard InChI is InChI=1S/C18H30N2/c1-14(2)12-20(13-15(3)4)18-9-10-19-11-16-7-5-6-8-17(16)18/h5-8,14-15,18-19H,9-13H2,1-4H3. The molecule has 0 saturated carbocycles. The van der Waals surface area contributed by atoms with E-state index in [1.54, 1.807) is 5.56 Å². The number of benzene rings is 1. The van der Waals surface area contributed by atoms with E-state index < -0.39 is 0 Å².